The van der Waals surface area contributed by atoms with Gasteiger partial charge in [0, 0.05) is 17.1 Å². The zero-order chi connectivity index (χ0) is 14.5. The molecule has 0 bridgehead atoms. The number of thioether (sulfide) groups is 1. The van der Waals surface area contributed by atoms with Crippen LogP contribution in [0.3, 0.4) is 0 Å². The molecule has 1 aliphatic carbocycles. The number of carbonyl (C=O) groups is 2. The predicted octanol–water partition coefficient (Wildman–Crippen LogP) is 2.70. The number of hydrogen-bond acceptors (Lipinski definition) is 5. The molecule has 2 rings (SSSR count). The van der Waals surface area contributed by atoms with Gasteiger partial charge >= 0.3 is 6.03 Å². The molecule has 0 saturated heterocycles. The third-order valence-corrected chi connectivity index (χ3v) is 5.36. The molecule has 1 heterocycles. The van der Waals surface area contributed by atoms with Gasteiger partial charge in [-0.05, 0) is 26.7 Å². The summed E-state index contributed by atoms with van der Waals surface area (Å²) in [4.78, 5) is 27.9. The van der Waals surface area contributed by atoms with Gasteiger partial charge in [-0.15, -0.1) is 11.3 Å². The van der Waals surface area contributed by atoms with Crippen molar-refractivity contribution < 1.29 is 9.59 Å². The van der Waals surface area contributed by atoms with Crippen molar-refractivity contribution in [3.8, 4) is 0 Å². The quantitative estimate of drug-likeness (QED) is 0.838. The maximum absolute atomic E-state index is 11.9. The van der Waals surface area contributed by atoms with Crippen LogP contribution in [0, 0.1) is 6.92 Å². The van der Waals surface area contributed by atoms with E-state index in [9.17, 15) is 9.59 Å². The molecule has 5 nitrogen and oxygen atoms in total. The molecule has 3 amide bonds. The molecule has 0 aromatic carbocycles. The minimum atomic E-state index is -0.385. The van der Waals surface area contributed by atoms with Crippen molar-refractivity contribution in [2.24, 2.45) is 0 Å². The van der Waals surface area contributed by atoms with Crippen LogP contribution in [-0.2, 0) is 4.79 Å². The van der Waals surface area contributed by atoms with Gasteiger partial charge in [-0.3, -0.25) is 10.1 Å². The lowest BCUT2D eigenvalue weighted by Crippen LogP contribution is -2.45. The van der Waals surface area contributed by atoms with Crippen molar-refractivity contribution in [2.45, 2.75) is 55.2 Å². The summed E-state index contributed by atoms with van der Waals surface area (Å²) in [6.45, 7) is 3.69. The molecule has 0 aliphatic heterocycles. The summed E-state index contributed by atoms with van der Waals surface area (Å²) in [5.74, 6) is -0.279. The molecule has 1 aromatic rings. The van der Waals surface area contributed by atoms with Crippen LogP contribution in [0.15, 0.2) is 9.72 Å². The standard InChI is InChI=1S/C13H19N3O2S2/c1-8-7-19-13(14-8)20-9(2)11(17)16-12(18)15-10-5-3-4-6-10/h7,9-10H,3-6H2,1-2H3,(H2,15,16,17,18)/t9-/m0/s1. The number of nitrogens with zero attached hydrogens (tertiary/aromatic N) is 1. The van der Waals surface area contributed by atoms with E-state index in [4.69, 9.17) is 0 Å². The van der Waals surface area contributed by atoms with E-state index in [1.165, 1.54) is 23.1 Å². The molecule has 0 unspecified atom stereocenters. The van der Waals surface area contributed by atoms with Gasteiger partial charge in [-0.2, -0.15) is 0 Å². The fourth-order valence-electron chi connectivity index (χ4n) is 2.10. The highest BCUT2D eigenvalue weighted by Gasteiger charge is 2.21. The summed E-state index contributed by atoms with van der Waals surface area (Å²) < 4.78 is 0.848. The Morgan fingerprint density at radius 2 is 2.15 bits per heavy atom. The molecule has 1 fully saturated rings. The minimum absolute atomic E-state index is 0.215. The number of imide groups is 1. The number of rotatable bonds is 4. The van der Waals surface area contributed by atoms with Gasteiger partial charge in [0.1, 0.15) is 0 Å². The molecule has 0 radical (unpaired) electrons. The molecule has 20 heavy (non-hydrogen) atoms. The monoisotopic (exact) mass is 313 g/mol. The van der Waals surface area contributed by atoms with Crippen LogP contribution in [0.4, 0.5) is 4.79 Å². The molecule has 1 saturated carbocycles. The lowest BCUT2D eigenvalue weighted by molar-refractivity contribution is -0.119. The second-order valence-electron chi connectivity index (χ2n) is 4.96. The number of nitrogens with one attached hydrogen (secondary N) is 2. The van der Waals surface area contributed by atoms with Crippen molar-refractivity contribution in [1.29, 1.82) is 0 Å². The largest absolute Gasteiger partial charge is 0.335 e. The summed E-state index contributed by atoms with van der Waals surface area (Å²) in [7, 11) is 0. The molecule has 1 aromatic heterocycles. The maximum Gasteiger partial charge on any atom is 0.321 e. The molecule has 1 atom stereocenters. The van der Waals surface area contributed by atoms with Gasteiger partial charge < -0.3 is 5.32 Å². The first kappa shape index (κ1) is 15.3. The molecule has 110 valence electrons. The highest BCUT2D eigenvalue weighted by molar-refractivity contribution is 8.02. The van der Waals surface area contributed by atoms with Crippen molar-refractivity contribution in [3.05, 3.63) is 11.1 Å². The first-order chi connectivity index (χ1) is 9.54. The maximum atomic E-state index is 11.9. The topological polar surface area (TPSA) is 71.1 Å². The fourth-order valence-corrected chi connectivity index (χ4v) is 4.08. The Morgan fingerprint density at radius 3 is 2.75 bits per heavy atom. The van der Waals surface area contributed by atoms with Gasteiger partial charge in [-0.25, -0.2) is 9.78 Å². The zero-order valence-corrected chi connectivity index (χ0v) is 13.3. The Kier molecular flexibility index (Phi) is 5.42. The van der Waals surface area contributed by atoms with Gasteiger partial charge in [0.05, 0.1) is 5.25 Å². The van der Waals surface area contributed by atoms with Crippen LogP contribution >= 0.6 is 23.1 Å². The van der Waals surface area contributed by atoms with E-state index in [0.717, 1.165) is 35.7 Å². The zero-order valence-electron chi connectivity index (χ0n) is 11.6. The van der Waals surface area contributed by atoms with Crippen LogP contribution in [-0.4, -0.2) is 28.2 Å². The van der Waals surface area contributed by atoms with E-state index in [2.05, 4.69) is 15.6 Å². The summed E-state index contributed by atoms with van der Waals surface area (Å²) in [5.41, 5.74) is 0.948. The number of amides is 3. The van der Waals surface area contributed by atoms with E-state index >= 15 is 0 Å². The summed E-state index contributed by atoms with van der Waals surface area (Å²) in [6.07, 6.45) is 4.30. The van der Waals surface area contributed by atoms with Crippen molar-refractivity contribution in [2.75, 3.05) is 0 Å². The minimum Gasteiger partial charge on any atom is -0.335 e. The predicted molar refractivity (Wildman–Crippen MR) is 81.1 cm³/mol. The van der Waals surface area contributed by atoms with Crippen LogP contribution < -0.4 is 10.6 Å². The van der Waals surface area contributed by atoms with Crippen LogP contribution in [0.25, 0.3) is 0 Å². The average Bonchev–Trinajstić information content (AvgIpc) is 3.01. The van der Waals surface area contributed by atoms with Crippen LogP contribution in [0.1, 0.15) is 38.3 Å². The Bertz CT molecular complexity index is 484. The number of hydrogen-bond donors (Lipinski definition) is 2. The normalized spacial score (nSPS) is 16.9. The number of aromatic nitrogens is 1. The number of aryl methyl sites for hydroxylation is 1. The smallest absolute Gasteiger partial charge is 0.321 e. The summed E-state index contributed by atoms with van der Waals surface area (Å²) >= 11 is 2.88. The summed E-state index contributed by atoms with van der Waals surface area (Å²) in [6, 6.07) is -0.169. The molecule has 7 heteroatoms. The van der Waals surface area contributed by atoms with Gasteiger partial charge in [-0.1, -0.05) is 24.6 Å². The van der Waals surface area contributed by atoms with Crippen molar-refractivity contribution in [3.63, 3.8) is 0 Å². The van der Waals surface area contributed by atoms with E-state index < -0.39 is 0 Å². The van der Waals surface area contributed by atoms with Gasteiger partial charge in [0.25, 0.3) is 0 Å². The Balaban J connectivity index is 1.76. The second-order valence-corrected chi connectivity index (χ2v) is 7.40. The summed E-state index contributed by atoms with van der Waals surface area (Å²) in [5, 5.41) is 6.85. The first-order valence-corrected chi connectivity index (χ1v) is 8.50. The molecule has 0 spiro atoms. The third kappa shape index (κ3) is 4.49. The van der Waals surface area contributed by atoms with E-state index in [1.54, 1.807) is 6.92 Å². The Morgan fingerprint density at radius 1 is 1.45 bits per heavy atom. The Hall–Kier alpha value is -1.08. The number of carbonyl (C=O) groups excluding carboxylic acids is 2. The van der Waals surface area contributed by atoms with Crippen molar-refractivity contribution in [1.82, 2.24) is 15.6 Å². The SMILES string of the molecule is Cc1csc(S[C@@H](C)C(=O)NC(=O)NC2CCCC2)n1. The fraction of sp³-hybridized carbons (Fsp3) is 0.615. The van der Waals surface area contributed by atoms with E-state index in [0.29, 0.717) is 0 Å². The van der Waals surface area contributed by atoms with Gasteiger partial charge in [0.2, 0.25) is 5.91 Å². The number of thiazole rings is 1. The first-order valence-electron chi connectivity index (χ1n) is 6.74. The highest BCUT2D eigenvalue weighted by atomic mass is 32.2. The lowest BCUT2D eigenvalue weighted by Gasteiger charge is -2.14. The molecule has 2 N–H and O–H groups in total. The number of urea groups is 1. The molecule has 1 aliphatic rings. The Labute approximate surface area is 126 Å². The van der Waals surface area contributed by atoms with E-state index in [-0.39, 0.29) is 23.2 Å². The second kappa shape index (κ2) is 7.08. The molecular weight excluding hydrogens is 294 g/mol. The third-order valence-electron chi connectivity index (χ3n) is 3.17. The molecular formula is C13H19N3O2S2. The van der Waals surface area contributed by atoms with Crippen LogP contribution in [0.2, 0.25) is 0 Å². The highest BCUT2D eigenvalue weighted by Crippen LogP contribution is 2.26. The van der Waals surface area contributed by atoms with Crippen molar-refractivity contribution >= 4 is 35.0 Å². The van der Waals surface area contributed by atoms with E-state index in [1.807, 2.05) is 12.3 Å². The van der Waals surface area contributed by atoms with Gasteiger partial charge in [0.15, 0.2) is 4.34 Å². The average molecular weight is 313 g/mol. The van der Waals surface area contributed by atoms with Crippen LogP contribution in [0.5, 0.6) is 0 Å². The lowest BCUT2D eigenvalue weighted by atomic mass is 10.2.